The third-order valence-electron chi connectivity index (χ3n) is 3.62. The minimum absolute atomic E-state index is 0.239. The van der Waals surface area contributed by atoms with Crippen LogP contribution in [0.15, 0.2) is 0 Å². The number of hydrogen-bond donors (Lipinski definition) is 1. The summed E-state index contributed by atoms with van der Waals surface area (Å²) in [5.41, 5.74) is 0. The first-order valence-electron chi connectivity index (χ1n) is 6.33. The second-order valence-electron chi connectivity index (χ2n) is 4.88. The Morgan fingerprint density at radius 3 is 2.88 bits per heavy atom. The SMILES string of the molecule is O=C(O)CC1CCCN1CC1CCCCO1. The van der Waals surface area contributed by atoms with Crippen LogP contribution in [0.1, 0.15) is 38.5 Å². The lowest BCUT2D eigenvalue weighted by atomic mass is 10.1. The molecular weight excluding hydrogens is 206 g/mol. The summed E-state index contributed by atoms with van der Waals surface area (Å²) < 4.78 is 5.70. The smallest absolute Gasteiger partial charge is 0.304 e. The minimum atomic E-state index is -0.679. The summed E-state index contributed by atoms with van der Waals surface area (Å²) >= 11 is 0. The molecule has 2 aliphatic heterocycles. The van der Waals surface area contributed by atoms with Gasteiger partial charge in [0.05, 0.1) is 12.5 Å². The maximum absolute atomic E-state index is 10.7. The largest absolute Gasteiger partial charge is 0.481 e. The molecule has 1 N–H and O–H groups in total. The maximum atomic E-state index is 10.7. The first-order chi connectivity index (χ1) is 7.75. The van der Waals surface area contributed by atoms with Crippen molar-refractivity contribution in [3.8, 4) is 0 Å². The summed E-state index contributed by atoms with van der Waals surface area (Å²) in [5.74, 6) is -0.679. The number of carboxylic acid groups (broad SMARTS) is 1. The number of ether oxygens (including phenoxy) is 1. The lowest BCUT2D eigenvalue weighted by molar-refractivity contribution is -0.138. The Balaban J connectivity index is 1.80. The number of aliphatic carboxylic acids is 1. The summed E-state index contributed by atoms with van der Waals surface area (Å²) in [5, 5.41) is 8.84. The van der Waals surface area contributed by atoms with E-state index >= 15 is 0 Å². The van der Waals surface area contributed by atoms with Crippen molar-refractivity contribution in [3.63, 3.8) is 0 Å². The van der Waals surface area contributed by atoms with Crippen LogP contribution in [0.3, 0.4) is 0 Å². The van der Waals surface area contributed by atoms with E-state index in [1.165, 1.54) is 12.8 Å². The molecule has 0 aromatic carbocycles. The molecule has 0 aromatic rings. The topological polar surface area (TPSA) is 49.8 Å². The average molecular weight is 227 g/mol. The van der Waals surface area contributed by atoms with E-state index in [1.54, 1.807) is 0 Å². The van der Waals surface area contributed by atoms with Gasteiger partial charge >= 0.3 is 5.97 Å². The van der Waals surface area contributed by atoms with E-state index in [4.69, 9.17) is 9.84 Å². The van der Waals surface area contributed by atoms with Gasteiger partial charge in [-0.05, 0) is 38.6 Å². The van der Waals surface area contributed by atoms with Crippen molar-refractivity contribution in [1.82, 2.24) is 4.90 Å². The average Bonchev–Trinajstić information content (AvgIpc) is 2.66. The molecule has 0 bridgehead atoms. The monoisotopic (exact) mass is 227 g/mol. The van der Waals surface area contributed by atoms with Gasteiger partial charge < -0.3 is 9.84 Å². The van der Waals surface area contributed by atoms with Gasteiger partial charge in [-0.15, -0.1) is 0 Å². The normalized spacial score (nSPS) is 31.8. The Labute approximate surface area is 96.6 Å². The van der Waals surface area contributed by atoms with Crippen molar-refractivity contribution < 1.29 is 14.6 Å². The predicted molar refractivity (Wildman–Crippen MR) is 60.4 cm³/mol. The molecule has 92 valence electrons. The molecule has 2 rings (SSSR count). The Morgan fingerprint density at radius 2 is 2.19 bits per heavy atom. The van der Waals surface area contributed by atoms with E-state index < -0.39 is 5.97 Å². The summed E-state index contributed by atoms with van der Waals surface area (Å²) in [4.78, 5) is 13.0. The highest BCUT2D eigenvalue weighted by molar-refractivity contribution is 5.67. The Hall–Kier alpha value is -0.610. The molecule has 0 aromatic heterocycles. The van der Waals surface area contributed by atoms with E-state index in [2.05, 4.69) is 4.90 Å². The number of carboxylic acids is 1. The zero-order valence-corrected chi connectivity index (χ0v) is 9.73. The van der Waals surface area contributed by atoms with Crippen LogP contribution < -0.4 is 0 Å². The van der Waals surface area contributed by atoms with E-state index in [0.717, 1.165) is 39.0 Å². The highest BCUT2D eigenvalue weighted by atomic mass is 16.5. The van der Waals surface area contributed by atoms with Gasteiger partial charge in [0.15, 0.2) is 0 Å². The zero-order chi connectivity index (χ0) is 11.4. The fourth-order valence-electron chi connectivity index (χ4n) is 2.78. The molecule has 2 atom stereocenters. The molecule has 0 amide bonds. The third-order valence-corrected chi connectivity index (χ3v) is 3.62. The number of rotatable bonds is 4. The van der Waals surface area contributed by atoms with Gasteiger partial charge in [0, 0.05) is 19.2 Å². The lowest BCUT2D eigenvalue weighted by Gasteiger charge is -2.30. The number of carbonyl (C=O) groups is 1. The van der Waals surface area contributed by atoms with Gasteiger partial charge in [-0.1, -0.05) is 0 Å². The van der Waals surface area contributed by atoms with Crippen molar-refractivity contribution >= 4 is 5.97 Å². The standard InChI is InChI=1S/C12H21NO3/c14-12(15)8-10-4-3-6-13(10)9-11-5-1-2-7-16-11/h10-11H,1-9H2,(H,14,15). The van der Waals surface area contributed by atoms with Crippen molar-refractivity contribution in [2.24, 2.45) is 0 Å². The van der Waals surface area contributed by atoms with Crippen LogP contribution in [0, 0.1) is 0 Å². The molecule has 2 fully saturated rings. The van der Waals surface area contributed by atoms with E-state index in [9.17, 15) is 4.79 Å². The first kappa shape index (κ1) is 11.9. The number of hydrogen-bond acceptors (Lipinski definition) is 3. The quantitative estimate of drug-likeness (QED) is 0.790. The Morgan fingerprint density at radius 1 is 1.31 bits per heavy atom. The van der Waals surface area contributed by atoms with Crippen molar-refractivity contribution in [2.45, 2.75) is 50.7 Å². The fraction of sp³-hybridized carbons (Fsp3) is 0.917. The molecule has 16 heavy (non-hydrogen) atoms. The molecule has 0 spiro atoms. The maximum Gasteiger partial charge on any atom is 0.304 e. The molecular formula is C12H21NO3. The van der Waals surface area contributed by atoms with Crippen molar-refractivity contribution in [2.75, 3.05) is 19.7 Å². The van der Waals surface area contributed by atoms with Crippen molar-refractivity contribution in [3.05, 3.63) is 0 Å². The predicted octanol–water partition coefficient (Wildman–Crippen LogP) is 1.49. The Bertz CT molecular complexity index is 238. The van der Waals surface area contributed by atoms with Gasteiger partial charge in [-0.3, -0.25) is 9.69 Å². The van der Waals surface area contributed by atoms with Gasteiger partial charge in [0.2, 0.25) is 0 Å². The van der Waals surface area contributed by atoms with Crippen LogP contribution in [0.25, 0.3) is 0 Å². The molecule has 2 saturated heterocycles. The molecule has 0 aliphatic carbocycles. The van der Waals surface area contributed by atoms with Crippen molar-refractivity contribution in [1.29, 1.82) is 0 Å². The highest BCUT2D eigenvalue weighted by Gasteiger charge is 2.29. The molecule has 0 radical (unpaired) electrons. The van der Waals surface area contributed by atoms with Gasteiger partial charge in [0.25, 0.3) is 0 Å². The van der Waals surface area contributed by atoms with E-state index in [-0.39, 0.29) is 12.5 Å². The Kier molecular flexibility index (Phi) is 4.18. The molecule has 4 nitrogen and oxygen atoms in total. The second kappa shape index (κ2) is 5.64. The van der Waals surface area contributed by atoms with E-state index in [0.29, 0.717) is 6.10 Å². The molecule has 2 unspecified atom stereocenters. The van der Waals surface area contributed by atoms with Gasteiger partial charge in [0.1, 0.15) is 0 Å². The summed E-state index contributed by atoms with van der Waals surface area (Å²) in [6, 6.07) is 0.239. The summed E-state index contributed by atoms with van der Waals surface area (Å²) in [6.07, 6.45) is 6.34. The van der Waals surface area contributed by atoms with E-state index in [1.807, 2.05) is 0 Å². The van der Waals surface area contributed by atoms with Gasteiger partial charge in [-0.2, -0.15) is 0 Å². The molecule has 0 saturated carbocycles. The molecule has 2 aliphatic rings. The number of nitrogens with zero attached hydrogens (tertiary/aromatic N) is 1. The van der Waals surface area contributed by atoms with Crippen LogP contribution in [-0.4, -0.2) is 47.8 Å². The van der Waals surface area contributed by atoms with Crippen LogP contribution >= 0.6 is 0 Å². The van der Waals surface area contributed by atoms with Crippen LogP contribution in [0.2, 0.25) is 0 Å². The van der Waals surface area contributed by atoms with Gasteiger partial charge in [-0.25, -0.2) is 0 Å². The van der Waals surface area contributed by atoms with Crippen LogP contribution in [-0.2, 0) is 9.53 Å². The fourth-order valence-corrected chi connectivity index (χ4v) is 2.78. The molecule has 4 heteroatoms. The summed E-state index contributed by atoms with van der Waals surface area (Å²) in [7, 11) is 0. The molecule has 2 heterocycles. The third kappa shape index (κ3) is 3.19. The second-order valence-corrected chi connectivity index (χ2v) is 4.88. The van der Waals surface area contributed by atoms with Crippen LogP contribution in [0.5, 0.6) is 0 Å². The summed E-state index contributed by atoms with van der Waals surface area (Å²) in [6.45, 7) is 2.85. The lowest BCUT2D eigenvalue weighted by Crippen LogP contribution is -2.39. The highest BCUT2D eigenvalue weighted by Crippen LogP contribution is 2.23. The van der Waals surface area contributed by atoms with Crippen LogP contribution in [0.4, 0.5) is 0 Å². The zero-order valence-electron chi connectivity index (χ0n) is 9.73. The first-order valence-corrected chi connectivity index (χ1v) is 6.33. The number of likely N-dealkylation sites (tertiary alicyclic amines) is 1. The minimum Gasteiger partial charge on any atom is -0.481 e.